The van der Waals surface area contributed by atoms with Crippen molar-refractivity contribution in [2.75, 3.05) is 38.6 Å². The Morgan fingerprint density at radius 3 is 2.61 bits per heavy atom. The highest BCUT2D eigenvalue weighted by Crippen LogP contribution is 2.22. The van der Waals surface area contributed by atoms with Crippen molar-refractivity contribution in [3.63, 3.8) is 0 Å². The van der Waals surface area contributed by atoms with Crippen LogP contribution in [-0.2, 0) is 9.53 Å². The molecule has 2 aromatic carbocycles. The summed E-state index contributed by atoms with van der Waals surface area (Å²) in [7, 11) is 0. The fraction of sp³-hybridized carbons (Fsp3) is 0.227. The minimum absolute atomic E-state index is 0.123. The van der Waals surface area contributed by atoms with E-state index in [-0.39, 0.29) is 35.5 Å². The molecular weight excluding hydrogens is 403 g/mol. The van der Waals surface area contributed by atoms with E-state index in [9.17, 15) is 14.0 Å². The number of carbonyl (C=O) groups is 2. The van der Waals surface area contributed by atoms with Crippen LogP contribution in [0.5, 0.6) is 5.75 Å². The van der Waals surface area contributed by atoms with Gasteiger partial charge in [0.1, 0.15) is 17.4 Å². The SMILES string of the molecule is Nc1c(C(=O)c2cccc(OCC(=O)N3CCOCC3)c2)cnn1-c1ccc(F)cc1. The molecule has 0 spiro atoms. The number of ether oxygens (including phenoxy) is 2. The van der Waals surface area contributed by atoms with Gasteiger partial charge in [-0.25, -0.2) is 9.07 Å². The lowest BCUT2D eigenvalue weighted by Crippen LogP contribution is -2.42. The van der Waals surface area contributed by atoms with Gasteiger partial charge in [-0.05, 0) is 36.4 Å². The van der Waals surface area contributed by atoms with Gasteiger partial charge in [-0.2, -0.15) is 5.10 Å². The molecule has 2 heterocycles. The minimum Gasteiger partial charge on any atom is -0.484 e. The average molecular weight is 424 g/mol. The van der Waals surface area contributed by atoms with Crippen LogP contribution >= 0.6 is 0 Å². The summed E-state index contributed by atoms with van der Waals surface area (Å²) in [5.74, 6) is -0.308. The second kappa shape index (κ2) is 8.97. The molecule has 0 atom stereocenters. The summed E-state index contributed by atoms with van der Waals surface area (Å²) in [4.78, 5) is 26.9. The Kier molecular flexibility index (Phi) is 5.94. The van der Waals surface area contributed by atoms with Gasteiger partial charge in [0.05, 0.1) is 30.7 Å². The lowest BCUT2D eigenvalue weighted by molar-refractivity contribution is -0.137. The van der Waals surface area contributed by atoms with Crippen LogP contribution < -0.4 is 10.5 Å². The number of aromatic nitrogens is 2. The first-order chi connectivity index (χ1) is 15.0. The van der Waals surface area contributed by atoms with Crippen LogP contribution in [0.25, 0.3) is 5.69 Å². The molecule has 1 saturated heterocycles. The van der Waals surface area contributed by atoms with E-state index < -0.39 is 0 Å². The fourth-order valence-electron chi connectivity index (χ4n) is 3.25. The molecule has 0 saturated carbocycles. The zero-order chi connectivity index (χ0) is 21.8. The number of halogens is 1. The number of nitrogen functional groups attached to an aromatic ring is 1. The van der Waals surface area contributed by atoms with Gasteiger partial charge in [0.15, 0.2) is 12.4 Å². The van der Waals surface area contributed by atoms with E-state index in [1.165, 1.54) is 35.1 Å². The van der Waals surface area contributed by atoms with E-state index in [1.807, 2.05) is 0 Å². The summed E-state index contributed by atoms with van der Waals surface area (Å²) in [6.07, 6.45) is 1.37. The Balaban J connectivity index is 1.47. The molecule has 1 aromatic heterocycles. The third kappa shape index (κ3) is 4.56. The van der Waals surface area contributed by atoms with Crippen LogP contribution in [-0.4, -0.2) is 59.3 Å². The van der Waals surface area contributed by atoms with Gasteiger partial charge in [0, 0.05) is 18.7 Å². The Morgan fingerprint density at radius 2 is 1.87 bits per heavy atom. The van der Waals surface area contributed by atoms with Crippen molar-refractivity contribution >= 4 is 17.5 Å². The van der Waals surface area contributed by atoms with Gasteiger partial charge in [-0.1, -0.05) is 12.1 Å². The van der Waals surface area contributed by atoms with Crippen LogP contribution in [0.2, 0.25) is 0 Å². The number of ketones is 1. The van der Waals surface area contributed by atoms with E-state index in [0.717, 1.165) is 0 Å². The molecule has 1 amide bonds. The number of morpholine rings is 1. The summed E-state index contributed by atoms with van der Waals surface area (Å²) in [6.45, 7) is 1.99. The van der Waals surface area contributed by atoms with E-state index in [1.54, 1.807) is 29.2 Å². The monoisotopic (exact) mass is 424 g/mol. The summed E-state index contributed by atoms with van der Waals surface area (Å²) in [5.41, 5.74) is 7.23. The van der Waals surface area contributed by atoms with Crippen LogP contribution in [0.15, 0.2) is 54.7 Å². The Bertz CT molecular complexity index is 1090. The molecule has 8 nitrogen and oxygen atoms in total. The summed E-state index contributed by atoms with van der Waals surface area (Å²) >= 11 is 0. The number of anilines is 1. The van der Waals surface area contributed by atoms with Gasteiger partial charge in [-0.3, -0.25) is 9.59 Å². The van der Waals surface area contributed by atoms with E-state index >= 15 is 0 Å². The minimum atomic E-state index is -0.380. The maximum Gasteiger partial charge on any atom is 0.260 e. The van der Waals surface area contributed by atoms with Gasteiger partial charge in [0.2, 0.25) is 0 Å². The number of hydrogen-bond acceptors (Lipinski definition) is 6. The zero-order valence-electron chi connectivity index (χ0n) is 16.7. The average Bonchev–Trinajstić information content (AvgIpc) is 3.19. The first-order valence-electron chi connectivity index (χ1n) is 9.75. The van der Waals surface area contributed by atoms with Crippen molar-refractivity contribution in [2.45, 2.75) is 0 Å². The number of amides is 1. The number of nitrogens with zero attached hydrogens (tertiary/aromatic N) is 3. The maximum absolute atomic E-state index is 13.2. The van der Waals surface area contributed by atoms with Gasteiger partial charge < -0.3 is 20.1 Å². The number of nitrogens with two attached hydrogens (primary N) is 1. The van der Waals surface area contributed by atoms with E-state index in [0.29, 0.717) is 43.3 Å². The molecule has 0 radical (unpaired) electrons. The highest BCUT2D eigenvalue weighted by Gasteiger charge is 2.20. The van der Waals surface area contributed by atoms with E-state index in [4.69, 9.17) is 15.2 Å². The topological polar surface area (TPSA) is 99.7 Å². The number of rotatable bonds is 6. The Labute approximate surface area is 178 Å². The lowest BCUT2D eigenvalue weighted by atomic mass is 10.1. The smallest absolute Gasteiger partial charge is 0.260 e. The van der Waals surface area contributed by atoms with Crippen molar-refractivity contribution in [3.05, 3.63) is 71.7 Å². The van der Waals surface area contributed by atoms with Gasteiger partial charge >= 0.3 is 0 Å². The van der Waals surface area contributed by atoms with Gasteiger partial charge in [0.25, 0.3) is 5.91 Å². The summed E-state index contributed by atoms with van der Waals surface area (Å²) in [5, 5.41) is 4.15. The third-order valence-electron chi connectivity index (χ3n) is 4.94. The van der Waals surface area contributed by atoms with Crippen LogP contribution in [0.1, 0.15) is 15.9 Å². The molecule has 160 valence electrons. The maximum atomic E-state index is 13.2. The molecule has 0 bridgehead atoms. The number of hydrogen-bond donors (Lipinski definition) is 1. The normalized spacial score (nSPS) is 13.8. The van der Waals surface area contributed by atoms with Crippen molar-refractivity contribution in [2.24, 2.45) is 0 Å². The van der Waals surface area contributed by atoms with Crippen molar-refractivity contribution in [3.8, 4) is 11.4 Å². The summed E-state index contributed by atoms with van der Waals surface area (Å²) in [6, 6.07) is 12.2. The highest BCUT2D eigenvalue weighted by molar-refractivity contribution is 6.11. The molecule has 4 rings (SSSR count). The molecule has 1 aliphatic rings. The van der Waals surface area contributed by atoms with Crippen LogP contribution in [0.3, 0.4) is 0 Å². The molecule has 1 aliphatic heterocycles. The predicted octanol–water partition coefficient (Wildman–Crippen LogP) is 2.06. The van der Waals surface area contributed by atoms with E-state index in [2.05, 4.69) is 5.10 Å². The largest absolute Gasteiger partial charge is 0.484 e. The Morgan fingerprint density at radius 1 is 1.13 bits per heavy atom. The number of benzene rings is 2. The second-order valence-electron chi connectivity index (χ2n) is 6.97. The Hall–Kier alpha value is -3.72. The van der Waals surface area contributed by atoms with Crippen molar-refractivity contribution in [1.29, 1.82) is 0 Å². The molecule has 0 aliphatic carbocycles. The quantitative estimate of drug-likeness (QED) is 0.608. The molecule has 1 fully saturated rings. The highest BCUT2D eigenvalue weighted by atomic mass is 19.1. The van der Waals surface area contributed by atoms with Crippen LogP contribution in [0, 0.1) is 5.82 Å². The fourth-order valence-corrected chi connectivity index (χ4v) is 3.25. The second-order valence-corrected chi connectivity index (χ2v) is 6.97. The summed E-state index contributed by atoms with van der Waals surface area (Å²) < 4.78 is 25.4. The molecule has 9 heteroatoms. The van der Waals surface area contributed by atoms with Crippen LogP contribution in [0.4, 0.5) is 10.2 Å². The first kappa shape index (κ1) is 20.5. The molecular formula is C22H21FN4O4. The molecule has 3 aromatic rings. The van der Waals surface area contributed by atoms with Crippen molar-refractivity contribution < 1.29 is 23.5 Å². The third-order valence-corrected chi connectivity index (χ3v) is 4.94. The standard InChI is InChI=1S/C22H21FN4O4/c23-16-4-6-17(7-5-16)27-22(24)19(13-25-27)21(29)15-2-1-3-18(12-15)31-14-20(28)26-8-10-30-11-9-26/h1-7,12-13H,8-11,14,24H2. The molecule has 2 N–H and O–H groups in total. The van der Waals surface area contributed by atoms with Gasteiger partial charge in [-0.15, -0.1) is 0 Å². The zero-order valence-corrected chi connectivity index (χ0v) is 16.7. The molecule has 0 unspecified atom stereocenters. The number of carbonyl (C=O) groups excluding carboxylic acids is 2. The van der Waals surface area contributed by atoms with Crippen molar-refractivity contribution in [1.82, 2.24) is 14.7 Å². The lowest BCUT2D eigenvalue weighted by Gasteiger charge is -2.26. The first-order valence-corrected chi connectivity index (χ1v) is 9.75. The predicted molar refractivity (Wildman–Crippen MR) is 111 cm³/mol. The molecule has 31 heavy (non-hydrogen) atoms.